The molecule has 0 saturated heterocycles. The van der Waals surface area contributed by atoms with Gasteiger partial charge in [0.1, 0.15) is 18.2 Å². The van der Waals surface area contributed by atoms with E-state index in [1.807, 2.05) is 4.57 Å². The average Bonchev–Trinajstić information content (AvgIpc) is 3.04. The third kappa shape index (κ3) is 6.00. The lowest BCUT2D eigenvalue weighted by Gasteiger charge is -2.17. The van der Waals surface area contributed by atoms with E-state index < -0.39 is 14.0 Å². The Kier molecular flexibility index (Phi) is 7.74. The fourth-order valence-electron chi connectivity index (χ4n) is 2.70. The Labute approximate surface area is 162 Å². The van der Waals surface area contributed by atoms with Crippen molar-refractivity contribution in [3.8, 4) is 11.4 Å². The predicted octanol–water partition coefficient (Wildman–Crippen LogP) is 4.39. The standard InChI is InChI=1S/C20H31N3O3Si/c1-6-7-10-18-22-14-17(23(18)15-26-12-13-27(3,4)5)19-16(20(24)25-2)9-8-11-21-19/h8-9,11,14H,6-7,10,12-13,15H2,1-5H3. The highest BCUT2D eigenvalue weighted by Gasteiger charge is 2.20. The number of aryl methyl sites for hydroxylation is 1. The summed E-state index contributed by atoms with van der Waals surface area (Å²) in [7, 11) is 0.234. The zero-order valence-electron chi connectivity index (χ0n) is 17.1. The monoisotopic (exact) mass is 389 g/mol. The van der Waals surface area contributed by atoms with Gasteiger partial charge in [-0.25, -0.2) is 9.78 Å². The Hall–Kier alpha value is -1.99. The summed E-state index contributed by atoms with van der Waals surface area (Å²) in [6, 6.07) is 4.57. The minimum absolute atomic E-state index is 0.402. The molecule has 0 amide bonds. The van der Waals surface area contributed by atoms with Crippen molar-refractivity contribution >= 4 is 14.0 Å². The van der Waals surface area contributed by atoms with E-state index in [0.717, 1.165) is 43.4 Å². The molecule has 0 saturated carbocycles. The number of methoxy groups -OCH3 is 1. The Morgan fingerprint density at radius 3 is 2.70 bits per heavy atom. The molecular formula is C20H31N3O3Si. The first-order chi connectivity index (χ1) is 12.9. The van der Waals surface area contributed by atoms with Gasteiger partial charge in [0.05, 0.1) is 24.6 Å². The van der Waals surface area contributed by atoms with Crippen molar-refractivity contribution in [3.05, 3.63) is 35.9 Å². The second kappa shape index (κ2) is 9.80. The van der Waals surface area contributed by atoms with Crippen LogP contribution in [0.2, 0.25) is 25.7 Å². The predicted molar refractivity (Wildman–Crippen MR) is 110 cm³/mol. The topological polar surface area (TPSA) is 66.2 Å². The van der Waals surface area contributed by atoms with E-state index in [4.69, 9.17) is 9.47 Å². The van der Waals surface area contributed by atoms with Crippen molar-refractivity contribution in [2.45, 2.75) is 58.6 Å². The molecular weight excluding hydrogens is 358 g/mol. The Balaban J connectivity index is 2.31. The first kappa shape index (κ1) is 21.3. The van der Waals surface area contributed by atoms with Crippen molar-refractivity contribution in [2.75, 3.05) is 13.7 Å². The number of carbonyl (C=O) groups excluding carboxylic acids is 1. The minimum atomic E-state index is -1.14. The van der Waals surface area contributed by atoms with Gasteiger partial charge >= 0.3 is 5.97 Å². The van der Waals surface area contributed by atoms with Gasteiger partial charge in [-0.15, -0.1) is 0 Å². The van der Waals surface area contributed by atoms with Crippen LogP contribution in [0.5, 0.6) is 0 Å². The summed E-state index contributed by atoms with van der Waals surface area (Å²) < 4.78 is 12.9. The minimum Gasteiger partial charge on any atom is -0.465 e. The molecule has 0 aromatic carbocycles. The van der Waals surface area contributed by atoms with E-state index in [2.05, 4.69) is 36.5 Å². The molecule has 7 heteroatoms. The smallest absolute Gasteiger partial charge is 0.340 e. The summed E-state index contributed by atoms with van der Waals surface area (Å²) in [6.45, 7) is 10.3. The molecule has 0 bridgehead atoms. The number of esters is 1. The quantitative estimate of drug-likeness (QED) is 0.342. The molecule has 2 aromatic rings. The lowest BCUT2D eigenvalue weighted by atomic mass is 10.1. The molecule has 0 atom stereocenters. The molecule has 0 fully saturated rings. The van der Waals surface area contributed by atoms with Gasteiger partial charge < -0.3 is 14.0 Å². The van der Waals surface area contributed by atoms with Gasteiger partial charge in [0.15, 0.2) is 0 Å². The van der Waals surface area contributed by atoms with Crippen LogP contribution in [0, 0.1) is 0 Å². The number of carbonyl (C=O) groups is 1. The Bertz CT molecular complexity index is 753. The number of hydrogen-bond acceptors (Lipinski definition) is 5. The zero-order valence-corrected chi connectivity index (χ0v) is 18.1. The van der Waals surface area contributed by atoms with Gasteiger partial charge in [-0.1, -0.05) is 33.0 Å². The highest BCUT2D eigenvalue weighted by atomic mass is 28.3. The highest BCUT2D eigenvalue weighted by molar-refractivity contribution is 6.76. The molecule has 0 unspecified atom stereocenters. The summed E-state index contributed by atoms with van der Waals surface area (Å²) in [5.74, 6) is 0.557. The molecule has 0 aliphatic heterocycles. The van der Waals surface area contributed by atoms with E-state index in [1.54, 1.807) is 24.5 Å². The molecule has 0 N–H and O–H groups in total. The highest BCUT2D eigenvalue weighted by Crippen LogP contribution is 2.24. The van der Waals surface area contributed by atoms with Crippen LogP contribution >= 0.6 is 0 Å². The number of rotatable bonds is 10. The number of pyridine rings is 1. The van der Waals surface area contributed by atoms with Gasteiger partial charge in [-0.3, -0.25) is 4.98 Å². The average molecular weight is 390 g/mol. The summed E-state index contributed by atoms with van der Waals surface area (Å²) in [6.07, 6.45) is 6.47. The maximum atomic E-state index is 12.1. The number of nitrogens with zero attached hydrogens (tertiary/aromatic N) is 3. The third-order valence-corrected chi connectivity index (χ3v) is 6.07. The van der Waals surface area contributed by atoms with Crippen LogP contribution in [0.3, 0.4) is 0 Å². The van der Waals surface area contributed by atoms with Crippen LogP contribution in [0.1, 0.15) is 35.9 Å². The van der Waals surface area contributed by atoms with Crippen molar-refractivity contribution in [3.63, 3.8) is 0 Å². The molecule has 0 radical (unpaired) electrons. The lowest BCUT2D eigenvalue weighted by molar-refractivity contribution is 0.0600. The van der Waals surface area contributed by atoms with E-state index in [9.17, 15) is 4.79 Å². The van der Waals surface area contributed by atoms with Crippen LogP contribution < -0.4 is 0 Å². The van der Waals surface area contributed by atoms with Gasteiger partial charge in [0, 0.05) is 27.3 Å². The molecule has 2 aromatic heterocycles. The van der Waals surface area contributed by atoms with E-state index in [0.29, 0.717) is 18.0 Å². The fraction of sp³-hybridized carbons (Fsp3) is 0.550. The lowest BCUT2D eigenvalue weighted by Crippen LogP contribution is -2.22. The number of unbranched alkanes of at least 4 members (excludes halogenated alkanes) is 1. The van der Waals surface area contributed by atoms with Gasteiger partial charge in [0.25, 0.3) is 0 Å². The van der Waals surface area contributed by atoms with Crippen LogP contribution in [-0.4, -0.2) is 42.3 Å². The molecule has 2 heterocycles. The summed E-state index contributed by atoms with van der Waals surface area (Å²) in [5, 5.41) is 0. The molecule has 0 spiro atoms. The fourth-order valence-corrected chi connectivity index (χ4v) is 3.46. The summed E-state index contributed by atoms with van der Waals surface area (Å²) in [4.78, 5) is 21.2. The maximum absolute atomic E-state index is 12.1. The maximum Gasteiger partial charge on any atom is 0.340 e. The molecule has 6 nitrogen and oxygen atoms in total. The summed E-state index contributed by atoms with van der Waals surface area (Å²) >= 11 is 0. The second-order valence-electron chi connectivity index (χ2n) is 7.83. The Morgan fingerprint density at radius 2 is 2.04 bits per heavy atom. The second-order valence-corrected chi connectivity index (χ2v) is 13.5. The van der Waals surface area contributed by atoms with E-state index >= 15 is 0 Å². The van der Waals surface area contributed by atoms with E-state index in [1.165, 1.54) is 7.11 Å². The number of aromatic nitrogens is 3. The normalized spacial score (nSPS) is 11.6. The molecule has 148 valence electrons. The molecule has 2 rings (SSSR count). The molecule has 27 heavy (non-hydrogen) atoms. The molecule has 0 aliphatic rings. The van der Waals surface area contributed by atoms with Crippen LogP contribution in [0.4, 0.5) is 0 Å². The van der Waals surface area contributed by atoms with Crippen molar-refractivity contribution < 1.29 is 14.3 Å². The molecule has 0 aliphatic carbocycles. The summed E-state index contributed by atoms with van der Waals surface area (Å²) in [5.41, 5.74) is 1.80. The van der Waals surface area contributed by atoms with Crippen molar-refractivity contribution in [1.82, 2.24) is 14.5 Å². The first-order valence-electron chi connectivity index (χ1n) is 9.53. The van der Waals surface area contributed by atoms with Gasteiger partial charge in [0.2, 0.25) is 0 Å². The van der Waals surface area contributed by atoms with Gasteiger partial charge in [-0.05, 0) is 24.6 Å². The first-order valence-corrected chi connectivity index (χ1v) is 13.2. The SMILES string of the molecule is CCCCc1ncc(-c2ncccc2C(=O)OC)n1COCC[Si](C)(C)C. The van der Waals surface area contributed by atoms with Crippen LogP contribution in [0.15, 0.2) is 24.5 Å². The van der Waals surface area contributed by atoms with Crippen molar-refractivity contribution in [1.29, 1.82) is 0 Å². The zero-order chi connectivity index (χ0) is 19.9. The van der Waals surface area contributed by atoms with E-state index in [-0.39, 0.29) is 0 Å². The number of hydrogen-bond donors (Lipinski definition) is 0. The number of ether oxygens (including phenoxy) is 2. The third-order valence-electron chi connectivity index (χ3n) is 4.36. The van der Waals surface area contributed by atoms with Crippen molar-refractivity contribution in [2.24, 2.45) is 0 Å². The van der Waals surface area contributed by atoms with Gasteiger partial charge in [-0.2, -0.15) is 0 Å². The van der Waals surface area contributed by atoms with Crippen LogP contribution in [-0.2, 0) is 22.6 Å². The number of imidazole rings is 1. The van der Waals surface area contributed by atoms with Crippen LogP contribution in [0.25, 0.3) is 11.4 Å². The largest absolute Gasteiger partial charge is 0.465 e. The Morgan fingerprint density at radius 1 is 1.26 bits per heavy atom.